The molecule has 0 saturated heterocycles. The molecule has 7 nitrogen and oxygen atoms in total. The molecule has 2 heterocycles. The second-order valence-corrected chi connectivity index (χ2v) is 11.6. The maximum absolute atomic E-state index is 13.5. The van der Waals surface area contributed by atoms with Gasteiger partial charge in [0, 0.05) is 24.3 Å². The molecule has 1 atom stereocenters. The van der Waals surface area contributed by atoms with E-state index < -0.39 is 17.7 Å². The number of carboxylic acid groups (broad SMARTS) is 1. The molecule has 0 radical (unpaired) electrons. The summed E-state index contributed by atoms with van der Waals surface area (Å²) in [6, 6.07) is 17.7. The van der Waals surface area contributed by atoms with E-state index in [4.69, 9.17) is 9.47 Å². The number of rotatable bonds is 6. The Morgan fingerprint density at radius 2 is 1.85 bits per heavy atom. The van der Waals surface area contributed by atoms with E-state index in [0.717, 1.165) is 64.1 Å². The van der Waals surface area contributed by atoms with Crippen molar-refractivity contribution >= 4 is 17.7 Å². The van der Waals surface area contributed by atoms with Crippen LogP contribution in [0.4, 0.5) is 10.5 Å². The van der Waals surface area contributed by atoms with Crippen molar-refractivity contribution < 1.29 is 24.2 Å². The molecule has 0 aromatic heterocycles. The van der Waals surface area contributed by atoms with Gasteiger partial charge in [-0.25, -0.2) is 9.59 Å². The molecule has 3 aromatic rings. The Labute approximate surface area is 236 Å². The maximum atomic E-state index is 13.5. The van der Waals surface area contributed by atoms with Crippen LogP contribution in [0.25, 0.3) is 11.1 Å². The molecule has 210 valence electrons. The van der Waals surface area contributed by atoms with E-state index in [1.54, 1.807) is 4.90 Å². The Balaban J connectivity index is 1.63. The molecule has 0 spiro atoms. The number of hydrogen-bond donors (Lipinski definition) is 2. The predicted octanol–water partition coefficient (Wildman–Crippen LogP) is 6.59. The summed E-state index contributed by atoms with van der Waals surface area (Å²) in [6.45, 7) is 9.26. The van der Waals surface area contributed by atoms with Crippen LogP contribution in [0.5, 0.6) is 5.75 Å². The van der Waals surface area contributed by atoms with E-state index in [-0.39, 0.29) is 6.03 Å². The topological polar surface area (TPSA) is 88.1 Å². The third kappa shape index (κ3) is 5.85. The first kappa shape index (κ1) is 27.7. The first-order valence-corrected chi connectivity index (χ1v) is 14.0. The van der Waals surface area contributed by atoms with Gasteiger partial charge in [0.15, 0.2) is 6.10 Å². The number of anilines is 1. The minimum Gasteiger partial charge on any atom is -0.493 e. The predicted molar refractivity (Wildman–Crippen MR) is 156 cm³/mol. The molecule has 1 unspecified atom stereocenters. The lowest BCUT2D eigenvalue weighted by Crippen LogP contribution is -2.43. The van der Waals surface area contributed by atoms with Gasteiger partial charge in [-0.05, 0) is 105 Å². The van der Waals surface area contributed by atoms with Crippen LogP contribution in [-0.2, 0) is 28.9 Å². The van der Waals surface area contributed by atoms with Gasteiger partial charge in [0.05, 0.1) is 12.2 Å². The van der Waals surface area contributed by atoms with Crippen LogP contribution in [0.3, 0.4) is 0 Å². The number of carboxylic acids is 1. The van der Waals surface area contributed by atoms with E-state index in [1.807, 2.05) is 76.2 Å². The summed E-state index contributed by atoms with van der Waals surface area (Å²) in [7, 11) is 0. The Morgan fingerprint density at radius 3 is 2.58 bits per heavy atom. The SMILES string of the molecule is Cc1cc2c(c(C(OC(C)(C)C)C(=O)O)c1-c1ccc3c(c1)CCCO3)CCCN2C(=O)NCc1ccccc1. The molecule has 0 bridgehead atoms. The first-order chi connectivity index (χ1) is 19.1. The van der Waals surface area contributed by atoms with Crippen molar-refractivity contribution in [3.05, 3.63) is 82.4 Å². The monoisotopic (exact) mass is 542 g/mol. The number of aryl methyl sites for hydroxylation is 2. The van der Waals surface area contributed by atoms with Crippen molar-refractivity contribution in [3.63, 3.8) is 0 Å². The third-order valence-electron chi connectivity index (χ3n) is 7.44. The van der Waals surface area contributed by atoms with E-state index in [2.05, 4.69) is 11.4 Å². The minimum atomic E-state index is -1.19. The van der Waals surface area contributed by atoms with Crippen LogP contribution in [0, 0.1) is 6.92 Å². The molecule has 2 amide bonds. The number of benzene rings is 3. The molecule has 3 aromatic carbocycles. The fourth-order valence-corrected chi connectivity index (χ4v) is 5.76. The summed E-state index contributed by atoms with van der Waals surface area (Å²) in [4.78, 5) is 28.0. The number of ether oxygens (including phenoxy) is 2. The van der Waals surface area contributed by atoms with E-state index in [9.17, 15) is 14.7 Å². The molecule has 5 rings (SSSR count). The third-order valence-corrected chi connectivity index (χ3v) is 7.44. The van der Waals surface area contributed by atoms with Gasteiger partial charge in [-0.3, -0.25) is 4.90 Å². The summed E-state index contributed by atoms with van der Waals surface area (Å²) in [5.41, 5.74) is 6.38. The van der Waals surface area contributed by atoms with Crippen molar-refractivity contribution in [1.29, 1.82) is 0 Å². The average molecular weight is 543 g/mol. The molecular weight excluding hydrogens is 504 g/mol. The number of nitrogens with zero attached hydrogens (tertiary/aromatic N) is 1. The largest absolute Gasteiger partial charge is 0.493 e. The lowest BCUT2D eigenvalue weighted by molar-refractivity contribution is -0.160. The highest BCUT2D eigenvalue weighted by atomic mass is 16.5. The smallest absolute Gasteiger partial charge is 0.337 e. The van der Waals surface area contributed by atoms with Crippen LogP contribution in [0.2, 0.25) is 0 Å². The number of hydrogen-bond acceptors (Lipinski definition) is 4. The zero-order chi connectivity index (χ0) is 28.4. The Bertz CT molecular complexity index is 1410. The normalized spacial score (nSPS) is 15.4. The van der Waals surface area contributed by atoms with Crippen LogP contribution in [0.15, 0.2) is 54.6 Å². The van der Waals surface area contributed by atoms with E-state index >= 15 is 0 Å². The van der Waals surface area contributed by atoms with Gasteiger partial charge in [0.25, 0.3) is 0 Å². The highest BCUT2D eigenvalue weighted by Gasteiger charge is 2.36. The van der Waals surface area contributed by atoms with Gasteiger partial charge < -0.3 is 19.9 Å². The summed E-state index contributed by atoms with van der Waals surface area (Å²) in [5, 5.41) is 13.5. The molecule has 0 fully saturated rings. The number of carbonyl (C=O) groups is 2. The Hall–Kier alpha value is -3.84. The lowest BCUT2D eigenvalue weighted by atomic mass is 9.83. The second-order valence-electron chi connectivity index (χ2n) is 11.6. The summed E-state index contributed by atoms with van der Waals surface area (Å²) in [6.07, 6.45) is 2.05. The number of fused-ring (bicyclic) bond motifs is 2. The highest BCUT2D eigenvalue weighted by Crippen LogP contribution is 2.45. The average Bonchev–Trinajstić information content (AvgIpc) is 2.93. The first-order valence-electron chi connectivity index (χ1n) is 14.0. The van der Waals surface area contributed by atoms with Crippen molar-refractivity contribution in [2.45, 2.75) is 71.6 Å². The molecule has 2 aliphatic rings. The highest BCUT2D eigenvalue weighted by molar-refractivity contribution is 5.96. The van der Waals surface area contributed by atoms with Crippen molar-refractivity contribution in [3.8, 4) is 16.9 Å². The number of aliphatic carboxylic acids is 1. The zero-order valence-electron chi connectivity index (χ0n) is 23.8. The maximum Gasteiger partial charge on any atom is 0.337 e. The molecule has 2 N–H and O–H groups in total. The molecule has 0 saturated carbocycles. The molecule has 40 heavy (non-hydrogen) atoms. The van der Waals surface area contributed by atoms with Crippen molar-refractivity contribution in [1.82, 2.24) is 5.32 Å². The van der Waals surface area contributed by atoms with Gasteiger partial charge in [0.1, 0.15) is 5.75 Å². The molecular formula is C33H38N2O5. The fraction of sp³-hybridized carbons (Fsp3) is 0.394. The van der Waals surface area contributed by atoms with Crippen LogP contribution < -0.4 is 15.0 Å². The second kappa shape index (κ2) is 11.3. The molecule has 0 aliphatic carbocycles. The van der Waals surface area contributed by atoms with Crippen molar-refractivity contribution in [2.24, 2.45) is 0 Å². The van der Waals surface area contributed by atoms with Crippen molar-refractivity contribution in [2.75, 3.05) is 18.1 Å². The fourth-order valence-electron chi connectivity index (χ4n) is 5.76. The summed E-state index contributed by atoms with van der Waals surface area (Å²) >= 11 is 0. The van der Waals surface area contributed by atoms with E-state index in [1.165, 1.54) is 0 Å². The van der Waals surface area contributed by atoms with Gasteiger partial charge in [-0.1, -0.05) is 36.4 Å². The van der Waals surface area contributed by atoms with Crippen LogP contribution in [0.1, 0.15) is 67.5 Å². The molecule has 2 aliphatic heterocycles. The van der Waals surface area contributed by atoms with Crippen LogP contribution >= 0.6 is 0 Å². The van der Waals surface area contributed by atoms with Crippen LogP contribution in [-0.4, -0.2) is 35.9 Å². The Morgan fingerprint density at radius 1 is 1.07 bits per heavy atom. The van der Waals surface area contributed by atoms with E-state index in [0.29, 0.717) is 31.7 Å². The zero-order valence-corrected chi connectivity index (χ0v) is 23.8. The van der Waals surface area contributed by atoms with Gasteiger partial charge in [0.2, 0.25) is 0 Å². The standard InChI is InChI=1S/C33H38N2O5/c1-21-18-26-25(13-8-16-35(26)32(38)34-20-22-10-6-5-7-11-22)29(30(31(36)37)40-33(2,3)4)28(21)24-14-15-27-23(19-24)12-9-17-39-27/h5-7,10-11,14-15,18-19,30H,8-9,12-13,16-17,20H2,1-4H3,(H,34,38)(H,36,37). The molecule has 7 heteroatoms. The summed E-state index contributed by atoms with van der Waals surface area (Å²) in [5.74, 6) is -0.162. The minimum absolute atomic E-state index is 0.197. The quantitative estimate of drug-likeness (QED) is 0.367. The lowest BCUT2D eigenvalue weighted by Gasteiger charge is -2.35. The van der Waals surface area contributed by atoms with Gasteiger partial charge in [-0.15, -0.1) is 0 Å². The number of nitrogens with one attached hydrogen (secondary N) is 1. The summed E-state index contributed by atoms with van der Waals surface area (Å²) < 4.78 is 12.1. The number of carbonyl (C=O) groups excluding carboxylic acids is 1. The Kier molecular flexibility index (Phi) is 7.86. The number of urea groups is 1. The van der Waals surface area contributed by atoms with Gasteiger partial charge >= 0.3 is 12.0 Å². The van der Waals surface area contributed by atoms with Gasteiger partial charge in [-0.2, -0.15) is 0 Å². The number of amides is 2.